The first-order chi connectivity index (χ1) is 8.96. The molecule has 7 heteroatoms. The van der Waals surface area contributed by atoms with Crippen molar-refractivity contribution in [2.45, 2.75) is 6.42 Å². The van der Waals surface area contributed by atoms with Gasteiger partial charge in [-0.3, -0.25) is 4.18 Å². The summed E-state index contributed by atoms with van der Waals surface area (Å²) in [5, 5.41) is 4.79. The molecule has 2 aromatic rings. The van der Waals surface area contributed by atoms with Crippen LogP contribution in [-0.4, -0.2) is 31.1 Å². The third kappa shape index (κ3) is 4.05. The van der Waals surface area contributed by atoms with Gasteiger partial charge >= 0.3 is 0 Å². The van der Waals surface area contributed by atoms with Crippen LogP contribution in [0.25, 0.3) is 5.69 Å². The van der Waals surface area contributed by atoms with Crippen molar-refractivity contribution in [2.75, 3.05) is 12.9 Å². The normalized spacial score (nSPS) is 11.7. The van der Waals surface area contributed by atoms with Crippen molar-refractivity contribution >= 4 is 21.7 Å². The van der Waals surface area contributed by atoms with Crippen LogP contribution in [0, 0.1) is 0 Å². The molecule has 1 heterocycles. The molecule has 0 aliphatic heterocycles. The number of hydrogen-bond donors (Lipinski definition) is 0. The summed E-state index contributed by atoms with van der Waals surface area (Å²) in [4.78, 5) is 0. The maximum Gasteiger partial charge on any atom is 0.264 e. The first-order valence-electron chi connectivity index (χ1n) is 5.58. The molecule has 0 spiro atoms. The largest absolute Gasteiger partial charge is 0.270 e. The highest BCUT2D eigenvalue weighted by molar-refractivity contribution is 7.85. The molecule has 0 N–H and O–H groups in total. The van der Waals surface area contributed by atoms with Gasteiger partial charge in [0.05, 0.1) is 29.8 Å². The number of hydrogen-bond acceptors (Lipinski definition) is 4. The van der Waals surface area contributed by atoms with Crippen LogP contribution in [0.3, 0.4) is 0 Å². The van der Waals surface area contributed by atoms with Gasteiger partial charge in [-0.2, -0.15) is 13.5 Å². The fraction of sp³-hybridized carbons (Fsp3) is 0.250. The van der Waals surface area contributed by atoms with Crippen molar-refractivity contribution in [3.05, 3.63) is 47.2 Å². The van der Waals surface area contributed by atoms with Crippen molar-refractivity contribution in [1.82, 2.24) is 9.78 Å². The minimum atomic E-state index is -3.39. The van der Waals surface area contributed by atoms with E-state index in [0.717, 1.165) is 17.5 Å². The van der Waals surface area contributed by atoms with E-state index in [1.807, 2.05) is 18.2 Å². The Hall–Kier alpha value is -1.37. The molecule has 0 radical (unpaired) electrons. The van der Waals surface area contributed by atoms with E-state index >= 15 is 0 Å². The number of rotatable bonds is 5. The summed E-state index contributed by atoms with van der Waals surface area (Å²) in [6, 6.07) is 7.35. The van der Waals surface area contributed by atoms with E-state index in [1.165, 1.54) is 0 Å². The van der Waals surface area contributed by atoms with Crippen LogP contribution in [0.1, 0.15) is 5.56 Å². The van der Waals surface area contributed by atoms with Gasteiger partial charge in [0.25, 0.3) is 10.1 Å². The van der Waals surface area contributed by atoms with Gasteiger partial charge in [0, 0.05) is 12.6 Å². The van der Waals surface area contributed by atoms with Crippen molar-refractivity contribution in [2.24, 2.45) is 0 Å². The molecule has 1 aromatic carbocycles. The van der Waals surface area contributed by atoms with E-state index in [-0.39, 0.29) is 6.61 Å². The van der Waals surface area contributed by atoms with Gasteiger partial charge in [-0.05, 0) is 17.7 Å². The molecule has 0 bridgehead atoms. The number of para-hydroxylation sites is 1. The Balaban J connectivity index is 2.06. The van der Waals surface area contributed by atoms with E-state index < -0.39 is 10.1 Å². The molecule has 19 heavy (non-hydrogen) atoms. The van der Waals surface area contributed by atoms with Gasteiger partial charge in [0.15, 0.2) is 0 Å². The molecule has 0 amide bonds. The highest BCUT2D eigenvalue weighted by Crippen LogP contribution is 2.19. The lowest BCUT2D eigenvalue weighted by Gasteiger charge is -2.02. The zero-order valence-corrected chi connectivity index (χ0v) is 11.9. The van der Waals surface area contributed by atoms with E-state index in [2.05, 4.69) is 9.28 Å². The van der Waals surface area contributed by atoms with Crippen LogP contribution < -0.4 is 0 Å². The topological polar surface area (TPSA) is 61.2 Å². The molecule has 0 aliphatic rings. The predicted molar refractivity (Wildman–Crippen MR) is 73.1 cm³/mol. The lowest BCUT2D eigenvalue weighted by atomic mass is 10.3. The Morgan fingerprint density at radius 2 is 2.11 bits per heavy atom. The summed E-state index contributed by atoms with van der Waals surface area (Å²) in [7, 11) is -3.39. The molecule has 0 saturated carbocycles. The third-order valence-corrected chi connectivity index (χ3v) is 3.34. The molecule has 2 rings (SSSR count). The SMILES string of the molecule is CS(=O)(=O)OCCc1cnn(-c2ccccc2Cl)c1. The molecule has 1 aromatic heterocycles. The van der Waals surface area contributed by atoms with Gasteiger partial charge in [-0.25, -0.2) is 4.68 Å². The monoisotopic (exact) mass is 300 g/mol. The number of benzene rings is 1. The fourth-order valence-electron chi connectivity index (χ4n) is 1.57. The van der Waals surface area contributed by atoms with Crippen molar-refractivity contribution < 1.29 is 12.6 Å². The first kappa shape index (κ1) is 14.0. The summed E-state index contributed by atoms with van der Waals surface area (Å²) < 4.78 is 28.0. The van der Waals surface area contributed by atoms with Gasteiger partial charge in [-0.1, -0.05) is 23.7 Å². The van der Waals surface area contributed by atoms with Crippen molar-refractivity contribution in [1.29, 1.82) is 0 Å². The number of halogens is 1. The van der Waals surface area contributed by atoms with Crippen LogP contribution in [0.15, 0.2) is 36.7 Å². The Morgan fingerprint density at radius 1 is 1.37 bits per heavy atom. The maximum atomic E-state index is 10.8. The molecule has 0 unspecified atom stereocenters. The molecular weight excluding hydrogens is 288 g/mol. The van der Waals surface area contributed by atoms with Gasteiger partial charge < -0.3 is 0 Å². The summed E-state index contributed by atoms with van der Waals surface area (Å²) in [6.45, 7) is 0.104. The predicted octanol–water partition coefficient (Wildman–Crippen LogP) is 2.04. The second-order valence-electron chi connectivity index (χ2n) is 4.02. The summed E-state index contributed by atoms with van der Waals surface area (Å²) >= 11 is 6.07. The van der Waals surface area contributed by atoms with Crippen LogP contribution in [0.5, 0.6) is 0 Å². The Morgan fingerprint density at radius 3 is 2.79 bits per heavy atom. The second-order valence-corrected chi connectivity index (χ2v) is 6.07. The highest BCUT2D eigenvalue weighted by Gasteiger charge is 2.06. The average molecular weight is 301 g/mol. The van der Waals surface area contributed by atoms with Crippen LogP contribution in [0.4, 0.5) is 0 Å². The zero-order chi connectivity index (χ0) is 13.9. The molecule has 5 nitrogen and oxygen atoms in total. The zero-order valence-electron chi connectivity index (χ0n) is 10.3. The third-order valence-electron chi connectivity index (χ3n) is 2.42. The minimum Gasteiger partial charge on any atom is -0.270 e. The standard InChI is InChI=1S/C12H13ClN2O3S/c1-19(16,17)18-7-6-10-8-14-15(9-10)12-5-3-2-4-11(12)13/h2-5,8-9H,6-7H2,1H3. The van der Waals surface area contributed by atoms with Gasteiger partial charge in [0.2, 0.25) is 0 Å². The van der Waals surface area contributed by atoms with E-state index in [1.54, 1.807) is 23.1 Å². The van der Waals surface area contributed by atoms with E-state index in [0.29, 0.717) is 11.4 Å². The van der Waals surface area contributed by atoms with Crippen molar-refractivity contribution in [3.63, 3.8) is 0 Å². The lowest BCUT2D eigenvalue weighted by molar-refractivity contribution is 0.326. The quantitative estimate of drug-likeness (QED) is 0.793. The molecular formula is C12H13ClN2O3S. The Bertz CT molecular complexity index is 667. The Kier molecular flexibility index (Phi) is 4.24. The maximum absolute atomic E-state index is 10.8. The fourth-order valence-corrected chi connectivity index (χ4v) is 2.18. The van der Waals surface area contributed by atoms with Crippen LogP contribution >= 0.6 is 11.6 Å². The Labute approximate surface area is 116 Å². The average Bonchev–Trinajstić information content (AvgIpc) is 2.76. The van der Waals surface area contributed by atoms with Gasteiger partial charge in [0.1, 0.15) is 0 Å². The summed E-state index contributed by atoms with van der Waals surface area (Å²) in [6.07, 6.45) is 4.96. The smallest absolute Gasteiger partial charge is 0.264 e. The summed E-state index contributed by atoms with van der Waals surface area (Å²) in [5.74, 6) is 0. The number of nitrogens with zero attached hydrogens (tertiary/aromatic N) is 2. The van der Waals surface area contributed by atoms with Gasteiger partial charge in [-0.15, -0.1) is 0 Å². The molecule has 102 valence electrons. The highest BCUT2D eigenvalue weighted by atomic mass is 35.5. The molecule has 0 aliphatic carbocycles. The minimum absolute atomic E-state index is 0.104. The lowest BCUT2D eigenvalue weighted by Crippen LogP contribution is -2.05. The second kappa shape index (κ2) is 5.73. The van der Waals surface area contributed by atoms with Crippen LogP contribution in [0.2, 0.25) is 5.02 Å². The van der Waals surface area contributed by atoms with E-state index in [4.69, 9.17) is 11.6 Å². The van der Waals surface area contributed by atoms with E-state index in [9.17, 15) is 8.42 Å². The number of aromatic nitrogens is 2. The first-order valence-corrected chi connectivity index (χ1v) is 7.78. The molecule has 0 atom stereocenters. The van der Waals surface area contributed by atoms with Crippen LogP contribution in [-0.2, 0) is 20.7 Å². The molecule has 0 saturated heterocycles. The molecule has 0 fully saturated rings. The van der Waals surface area contributed by atoms with Crippen molar-refractivity contribution in [3.8, 4) is 5.69 Å². The summed E-state index contributed by atoms with van der Waals surface area (Å²) in [5.41, 5.74) is 1.66.